The van der Waals surface area contributed by atoms with Crippen LogP contribution in [-0.4, -0.2) is 54.7 Å². The van der Waals surface area contributed by atoms with E-state index in [2.05, 4.69) is 0 Å². The summed E-state index contributed by atoms with van der Waals surface area (Å²) in [4.78, 5) is 26.9. The number of carbonyl (C=O) groups excluding carboxylic acids is 2. The third-order valence-electron chi connectivity index (χ3n) is 6.40. The molecule has 1 aliphatic rings. The van der Waals surface area contributed by atoms with E-state index >= 15 is 0 Å². The van der Waals surface area contributed by atoms with E-state index in [1.807, 2.05) is 57.2 Å². The highest BCUT2D eigenvalue weighted by atomic mass is 16.6. The molecule has 0 aromatic heterocycles. The summed E-state index contributed by atoms with van der Waals surface area (Å²) in [5.74, 6) is 7.50. The molecule has 0 saturated carbocycles. The number of ether oxygens (including phenoxy) is 3. The fraction of sp³-hybridized carbons (Fsp3) is 0.400. The molecule has 210 valence electrons. The average Bonchev–Trinajstić information content (AvgIpc) is 2.91. The third kappa shape index (κ3) is 8.51. The number of methoxy groups -OCH3 is 2. The van der Waals surface area contributed by atoms with Gasteiger partial charge in [-0.05, 0) is 57.4 Å². The van der Waals surface area contributed by atoms with Crippen molar-refractivity contribution in [2.24, 2.45) is 17.5 Å². The van der Waals surface area contributed by atoms with Crippen molar-refractivity contribution in [1.82, 2.24) is 9.91 Å². The minimum Gasteiger partial charge on any atom is -0.497 e. The van der Waals surface area contributed by atoms with Crippen LogP contribution >= 0.6 is 0 Å². The summed E-state index contributed by atoms with van der Waals surface area (Å²) in [6, 6.07) is 13.1. The van der Waals surface area contributed by atoms with Crippen molar-refractivity contribution < 1.29 is 23.8 Å². The topological polar surface area (TPSA) is 120 Å². The Kier molecular flexibility index (Phi) is 10.0. The lowest BCUT2D eigenvalue weighted by Crippen LogP contribution is -2.42. The molecule has 2 aromatic carbocycles. The largest absolute Gasteiger partial charge is 0.497 e. The fourth-order valence-corrected chi connectivity index (χ4v) is 4.36. The number of amides is 1. The highest BCUT2D eigenvalue weighted by Gasteiger charge is 2.29. The Morgan fingerprint density at radius 1 is 1.08 bits per heavy atom. The maximum absolute atomic E-state index is 12.9. The van der Waals surface area contributed by atoms with Gasteiger partial charge in [-0.25, -0.2) is 10.6 Å². The highest BCUT2D eigenvalue weighted by molar-refractivity contribution is 5.96. The van der Waals surface area contributed by atoms with Crippen LogP contribution in [0.5, 0.6) is 11.5 Å². The molecular formula is C30H40N4O5. The second-order valence-electron chi connectivity index (χ2n) is 10.5. The van der Waals surface area contributed by atoms with Gasteiger partial charge >= 0.3 is 6.09 Å². The molecule has 0 spiro atoms. The molecule has 0 atom stereocenters. The van der Waals surface area contributed by atoms with E-state index in [0.29, 0.717) is 49.7 Å². The number of carbonyl (C=O) groups is 2. The van der Waals surface area contributed by atoms with Gasteiger partial charge in [0, 0.05) is 42.4 Å². The molecule has 9 nitrogen and oxygen atoms in total. The second kappa shape index (κ2) is 13.2. The Labute approximate surface area is 231 Å². The van der Waals surface area contributed by atoms with E-state index in [0.717, 1.165) is 16.7 Å². The van der Waals surface area contributed by atoms with Crippen LogP contribution in [0.2, 0.25) is 0 Å². The summed E-state index contributed by atoms with van der Waals surface area (Å²) in [6.45, 7) is 6.89. The lowest BCUT2D eigenvalue weighted by molar-refractivity contribution is -0.119. The van der Waals surface area contributed by atoms with Crippen LogP contribution in [0.4, 0.5) is 4.79 Å². The van der Waals surface area contributed by atoms with Gasteiger partial charge < -0.3 is 29.9 Å². The number of hydrogen-bond donors (Lipinski definition) is 2. The standard InChI is InChI=1S/C30H40N4O5/c1-30(2,3)39-29(36)33-16-14-22(15-17-33)27(35)13-11-21-8-6-7-9-25(21)26(31)20-34(32)19-23-10-12-24(37-4)18-28(23)38-5/h6-13,18,20,22H,14-17,19,31-32H2,1-5H3/b13-11+,26-20-. The molecule has 4 N–H and O–H groups in total. The van der Waals surface area contributed by atoms with Gasteiger partial charge in [-0.1, -0.05) is 30.3 Å². The Balaban J connectivity index is 1.64. The number of hydrogen-bond acceptors (Lipinski definition) is 8. The van der Waals surface area contributed by atoms with E-state index in [1.54, 1.807) is 43.5 Å². The number of nitrogens with zero attached hydrogens (tertiary/aromatic N) is 2. The highest BCUT2D eigenvalue weighted by Crippen LogP contribution is 2.26. The summed E-state index contributed by atoms with van der Waals surface area (Å²) < 4.78 is 16.2. The van der Waals surface area contributed by atoms with E-state index < -0.39 is 5.60 Å². The van der Waals surface area contributed by atoms with Gasteiger partial charge in [-0.15, -0.1) is 0 Å². The van der Waals surface area contributed by atoms with Gasteiger partial charge in [0.1, 0.15) is 17.1 Å². The predicted molar refractivity (Wildman–Crippen MR) is 152 cm³/mol. The van der Waals surface area contributed by atoms with Crippen molar-refractivity contribution in [2.75, 3.05) is 27.3 Å². The molecule has 3 rings (SSSR count). The van der Waals surface area contributed by atoms with Gasteiger partial charge in [-0.2, -0.15) is 0 Å². The first-order chi connectivity index (χ1) is 18.5. The fourth-order valence-electron chi connectivity index (χ4n) is 4.36. The zero-order valence-corrected chi connectivity index (χ0v) is 23.5. The maximum Gasteiger partial charge on any atom is 0.410 e. The summed E-state index contributed by atoms with van der Waals surface area (Å²) in [5, 5.41) is 1.49. The lowest BCUT2D eigenvalue weighted by Gasteiger charge is -2.32. The molecule has 1 saturated heterocycles. The number of rotatable bonds is 9. The van der Waals surface area contributed by atoms with Crippen LogP contribution in [-0.2, 0) is 16.1 Å². The summed E-state index contributed by atoms with van der Waals surface area (Å²) in [7, 11) is 3.19. The van der Waals surface area contributed by atoms with Crippen molar-refractivity contribution in [2.45, 2.75) is 45.8 Å². The van der Waals surface area contributed by atoms with Crippen LogP contribution in [0, 0.1) is 5.92 Å². The smallest absolute Gasteiger partial charge is 0.410 e. The number of allylic oxidation sites excluding steroid dienone is 1. The van der Waals surface area contributed by atoms with Crippen molar-refractivity contribution in [3.63, 3.8) is 0 Å². The Hall–Kier alpha value is -3.98. The van der Waals surface area contributed by atoms with Crippen molar-refractivity contribution in [3.05, 3.63) is 71.4 Å². The van der Waals surface area contributed by atoms with E-state index in [4.69, 9.17) is 25.8 Å². The van der Waals surface area contributed by atoms with Crippen molar-refractivity contribution in [3.8, 4) is 11.5 Å². The van der Waals surface area contributed by atoms with Crippen LogP contribution in [0.1, 0.15) is 50.3 Å². The minimum absolute atomic E-state index is 0.0308. The second-order valence-corrected chi connectivity index (χ2v) is 10.5. The predicted octanol–water partition coefficient (Wildman–Crippen LogP) is 4.57. The van der Waals surface area contributed by atoms with Gasteiger partial charge in [-0.3, -0.25) is 4.79 Å². The molecule has 1 heterocycles. The van der Waals surface area contributed by atoms with E-state index in [9.17, 15) is 9.59 Å². The first kappa shape index (κ1) is 29.6. The van der Waals surface area contributed by atoms with Gasteiger partial charge in [0.25, 0.3) is 0 Å². The quantitative estimate of drug-likeness (QED) is 0.272. The number of nitrogens with two attached hydrogens (primary N) is 2. The number of hydrazine groups is 1. The molecule has 0 unspecified atom stereocenters. The number of benzene rings is 2. The molecule has 0 radical (unpaired) electrons. The molecular weight excluding hydrogens is 496 g/mol. The molecule has 0 bridgehead atoms. The molecule has 2 aromatic rings. The Morgan fingerprint density at radius 3 is 2.41 bits per heavy atom. The first-order valence-electron chi connectivity index (χ1n) is 13.0. The SMILES string of the molecule is COc1ccc(CN(N)/C=C(\N)c2ccccc2/C=C/C(=O)C2CCN(C(=O)OC(C)(C)C)CC2)c(OC)c1. The molecule has 39 heavy (non-hydrogen) atoms. The molecule has 9 heteroatoms. The zero-order chi connectivity index (χ0) is 28.6. The summed E-state index contributed by atoms with van der Waals surface area (Å²) in [6.07, 6.45) is 5.91. The van der Waals surface area contributed by atoms with Crippen molar-refractivity contribution in [1.29, 1.82) is 0 Å². The van der Waals surface area contributed by atoms with Crippen LogP contribution in [0.3, 0.4) is 0 Å². The third-order valence-corrected chi connectivity index (χ3v) is 6.40. The molecule has 0 aliphatic carbocycles. The Morgan fingerprint density at radius 2 is 1.77 bits per heavy atom. The number of piperidine rings is 1. The minimum atomic E-state index is -0.542. The van der Waals surface area contributed by atoms with Crippen LogP contribution in [0.25, 0.3) is 11.8 Å². The Bertz CT molecular complexity index is 1210. The summed E-state index contributed by atoms with van der Waals surface area (Å²) in [5.41, 5.74) is 8.79. The first-order valence-corrected chi connectivity index (χ1v) is 13.0. The molecule has 1 fully saturated rings. The maximum atomic E-state index is 12.9. The monoisotopic (exact) mass is 536 g/mol. The van der Waals surface area contributed by atoms with Gasteiger partial charge in [0.05, 0.1) is 26.5 Å². The van der Waals surface area contributed by atoms with E-state index in [-0.39, 0.29) is 17.8 Å². The average molecular weight is 537 g/mol. The number of ketones is 1. The summed E-state index contributed by atoms with van der Waals surface area (Å²) >= 11 is 0. The van der Waals surface area contributed by atoms with Crippen LogP contribution < -0.4 is 21.1 Å². The van der Waals surface area contributed by atoms with Gasteiger partial charge in [0.2, 0.25) is 0 Å². The zero-order valence-electron chi connectivity index (χ0n) is 23.5. The van der Waals surface area contributed by atoms with Gasteiger partial charge in [0.15, 0.2) is 5.78 Å². The molecule has 1 aliphatic heterocycles. The van der Waals surface area contributed by atoms with Crippen molar-refractivity contribution >= 4 is 23.6 Å². The lowest BCUT2D eigenvalue weighted by atomic mass is 9.92. The molecule has 1 amide bonds. The van der Waals surface area contributed by atoms with Crippen LogP contribution in [0.15, 0.2) is 54.7 Å². The normalized spacial score (nSPS) is 14.8. The number of likely N-dealkylation sites (tertiary alicyclic amines) is 1. The van der Waals surface area contributed by atoms with E-state index in [1.165, 1.54) is 5.01 Å².